The van der Waals surface area contributed by atoms with Gasteiger partial charge >= 0.3 is 0 Å². The van der Waals surface area contributed by atoms with Gasteiger partial charge in [-0.15, -0.1) is 21.5 Å². The quantitative estimate of drug-likeness (QED) is 0.756. The molecular formula is C10H8N6OS2. The molecule has 9 heteroatoms. The molecular weight excluding hydrogens is 284 g/mol. The molecule has 3 heterocycles. The van der Waals surface area contributed by atoms with Crippen LogP contribution in [0.2, 0.25) is 0 Å². The predicted octanol–water partition coefficient (Wildman–Crippen LogP) is 1.31. The lowest BCUT2D eigenvalue weighted by Gasteiger charge is -1.98. The van der Waals surface area contributed by atoms with Gasteiger partial charge in [0.1, 0.15) is 10.7 Å². The predicted molar refractivity (Wildman–Crippen MR) is 70.8 cm³/mol. The van der Waals surface area contributed by atoms with Gasteiger partial charge in [0.05, 0.1) is 6.54 Å². The van der Waals surface area contributed by atoms with Crippen molar-refractivity contribution < 1.29 is 4.79 Å². The summed E-state index contributed by atoms with van der Waals surface area (Å²) in [4.78, 5) is 16.2. The molecule has 0 bridgehead atoms. The fourth-order valence-corrected chi connectivity index (χ4v) is 2.92. The zero-order chi connectivity index (χ0) is 13.1. The van der Waals surface area contributed by atoms with Gasteiger partial charge in [0.2, 0.25) is 0 Å². The maximum absolute atomic E-state index is 11.9. The molecule has 0 aromatic carbocycles. The third kappa shape index (κ3) is 2.66. The smallest absolute Gasteiger partial charge is 0.271 e. The van der Waals surface area contributed by atoms with Crippen LogP contribution in [-0.4, -0.2) is 31.5 Å². The van der Waals surface area contributed by atoms with E-state index in [1.54, 1.807) is 16.7 Å². The Bertz CT molecular complexity index is 660. The molecule has 0 spiro atoms. The number of aromatic nitrogens is 5. The molecule has 2 N–H and O–H groups in total. The van der Waals surface area contributed by atoms with E-state index in [2.05, 4.69) is 30.9 Å². The lowest BCUT2D eigenvalue weighted by atomic mass is 10.3. The van der Waals surface area contributed by atoms with Crippen LogP contribution in [0, 0.1) is 0 Å². The number of thiophene rings is 1. The van der Waals surface area contributed by atoms with Crippen LogP contribution in [0.3, 0.4) is 0 Å². The number of hydrogen-bond acceptors (Lipinski definition) is 7. The summed E-state index contributed by atoms with van der Waals surface area (Å²) < 4.78 is 0. The Kier molecular flexibility index (Phi) is 3.29. The van der Waals surface area contributed by atoms with E-state index in [4.69, 9.17) is 0 Å². The van der Waals surface area contributed by atoms with E-state index in [-0.39, 0.29) is 12.5 Å². The van der Waals surface area contributed by atoms with E-state index in [9.17, 15) is 4.79 Å². The number of rotatable bonds is 4. The molecule has 0 saturated heterocycles. The van der Waals surface area contributed by atoms with E-state index in [1.807, 2.05) is 16.8 Å². The molecule has 3 aromatic rings. The van der Waals surface area contributed by atoms with Crippen molar-refractivity contribution in [2.45, 2.75) is 6.54 Å². The summed E-state index contributed by atoms with van der Waals surface area (Å²) >= 11 is 3.04. The second-order valence-corrected chi connectivity index (χ2v) is 5.20. The Hall–Kier alpha value is -2.13. The minimum absolute atomic E-state index is 0.223. The summed E-state index contributed by atoms with van der Waals surface area (Å²) in [5.41, 5.74) is 1.43. The highest BCUT2D eigenvalue weighted by Gasteiger charge is 2.12. The first-order valence-electron chi connectivity index (χ1n) is 5.31. The molecule has 19 heavy (non-hydrogen) atoms. The summed E-state index contributed by atoms with van der Waals surface area (Å²) in [6, 6.07) is 1.98. The van der Waals surface area contributed by atoms with Gasteiger partial charge in [0.25, 0.3) is 5.91 Å². The Labute approximate surface area is 115 Å². The number of H-pyrrole nitrogens is 1. The fraction of sp³-hybridized carbons (Fsp3) is 0.100. The van der Waals surface area contributed by atoms with Gasteiger partial charge < -0.3 is 5.32 Å². The average molecular weight is 292 g/mol. The molecule has 0 unspecified atom stereocenters. The van der Waals surface area contributed by atoms with Gasteiger partial charge in [-0.3, -0.25) is 4.79 Å². The van der Waals surface area contributed by atoms with Crippen molar-refractivity contribution in [3.8, 4) is 10.6 Å². The van der Waals surface area contributed by atoms with Gasteiger partial charge in [-0.25, -0.2) is 4.98 Å². The van der Waals surface area contributed by atoms with Gasteiger partial charge in [0.15, 0.2) is 5.82 Å². The number of carbonyl (C=O) groups is 1. The first-order chi connectivity index (χ1) is 9.33. The lowest BCUT2D eigenvalue weighted by Crippen LogP contribution is -2.23. The average Bonchev–Trinajstić information content (AvgIpc) is 3.14. The van der Waals surface area contributed by atoms with Crippen molar-refractivity contribution in [1.29, 1.82) is 0 Å². The van der Waals surface area contributed by atoms with Crippen LogP contribution in [0.15, 0.2) is 22.2 Å². The third-order valence-electron chi connectivity index (χ3n) is 2.30. The largest absolute Gasteiger partial charge is 0.343 e. The minimum atomic E-state index is -0.248. The van der Waals surface area contributed by atoms with Crippen LogP contribution < -0.4 is 5.32 Å². The molecule has 1 amide bonds. The lowest BCUT2D eigenvalue weighted by molar-refractivity contribution is 0.0945. The topological polar surface area (TPSA) is 96.5 Å². The number of nitrogens with one attached hydrogen (secondary N) is 2. The van der Waals surface area contributed by atoms with Crippen LogP contribution in [0.5, 0.6) is 0 Å². The molecule has 0 aliphatic carbocycles. The van der Waals surface area contributed by atoms with E-state index in [0.29, 0.717) is 11.5 Å². The first-order valence-corrected chi connectivity index (χ1v) is 7.14. The zero-order valence-corrected chi connectivity index (χ0v) is 11.2. The molecule has 0 aliphatic rings. The molecule has 3 rings (SSSR count). The van der Waals surface area contributed by atoms with Crippen molar-refractivity contribution in [2.75, 3.05) is 0 Å². The SMILES string of the molecule is O=C(NCc1nn[nH]n1)c1csc(-c2ccsc2)n1. The van der Waals surface area contributed by atoms with E-state index >= 15 is 0 Å². The number of carbonyl (C=O) groups excluding carboxylic acids is 1. The van der Waals surface area contributed by atoms with Crippen molar-refractivity contribution in [1.82, 2.24) is 30.9 Å². The van der Waals surface area contributed by atoms with Crippen molar-refractivity contribution in [3.63, 3.8) is 0 Å². The molecule has 7 nitrogen and oxygen atoms in total. The maximum Gasteiger partial charge on any atom is 0.271 e. The van der Waals surface area contributed by atoms with E-state index in [1.165, 1.54) is 11.3 Å². The highest BCUT2D eigenvalue weighted by Crippen LogP contribution is 2.25. The highest BCUT2D eigenvalue weighted by atomic mass is 32.1. The van der Waals surface area contributed by atoms with Crippen LogP contribution in [0.4, 0.5) is 0 Å². The number of nitrogens with zero attached hydrogens (tertiary/aromatic N) is 4. The number of tetrazole rings is 1. The number of hydrogen-bond donors (Lipinski definition) is 2. The first kappa shape index (κ1) is 11.9. The number of aromatic amines is 1. The molecule has 0 saturated carbocycles. The van der Waals surface area contributed by atoms with Gasteiger partial charge in [-0.1, -0.05) is 5.21 Å². The Morgan fingerprint density at radius 3 is 3.11 bits per heavy atom. The standard InChI is InChI=1S/C10H8N6OS2/c17-9(11-3-8-13-15-16-14-8)7-5-19-10(12-7)6-1-2-18-4-6/h1-2,4-5H,3H2,(H,11,17)(H,13,14,15,16). The molecule has 0 fully saturated rings. The van der Waals surface area contributed by atoms with Crippen LogP contribution in [-0.2, 0) is 6.54 Å². The summed E-state index contributed by atoms with van der Waals surface area (Å²) in [6.07, 6.45) is 0. The molecule has 0 aliphatic heterocycles. The van der Waals surface area contributed by atoms with Gasteiger partial charge in [-0.2, -0.15) is 16.6 Å². The van der Waals surface area contributed by atoms with Crippen molar-refractivity contribution in [2.24, 2.45) is 0 Å². The van der Waals surface area contributed by atoms with E-state index < -0.39 is 0 Å². The Morgan fingerprint density at radius 1 is 1.42 bits per heavy atom. The summed E-state index contributed by atoms with van der Waals surface area (Å²) in [5.74, 6) is 0.184. The third-order valence-corrected chi connectivity index (χ3v) is 3.88. The monoisotopic (exact) mass is 292 g/mol. The van der Waals surface area contributed by atoms with Gasteiger partial charge in [0, 0.05) is 16.3 Å². The number of thiazole rings is 1. The maximum atomic E-state index is 11.9. The van der Waals surface area contributed by atoms with Crippen LogP contribution >= 0.6 is 22.7 Å². The Morgan fingerprint density at radius 2 is 2.37 bits per heavy atom. The summed E-state index contributed by atoms with van der Waals surface area (Å²) in [5, 5.41) is 22.5. The second-order valence-electron chi connectivity index (χ2n) is 3.56. The van der Waals surface area contributed by atoms with Crippen molar-refractivity contribution >= 4 is 28.6 Å². The van der Waals surface area contributed by atoms with Crippen LogP contribution in [0.1, 0.15) is 16.3 Å². The summed E-state index contributed by atoms with van der Waals surface area (Å²) in [7, 11) is 0. The van der Waals surface area contributed by atoms with Gasteiger partial charge in [-0.05, 0) is 11.4 Å². The molecule has 0 atom stereocenters. The molecule has 3 aromatic heterocycles. The fourth-order valence-electron chi connectivity index (χ4n) is 1.40. The van der Waals surface area contributed by atoms with E-state index in [0.717, 1.165) is 10.6 Å². The van der Waals surface area contributed by atoms with Crippen molar-refractivity contribution in [3.05, 3.63) is 33.7 Å². The molecule has 0 radical (unpaired) electrons. The zero-order valence-electron chi connectivity index (χ0n) is 9.53. The van der Waals surface area contributed by atoms with Crippen LogP contribution in [0.25, 0.3) is 10.6 Å². The molecule has 96 valence electrons. The Balaban J connectivity index is 1.67. The number of amides is 1. The second kappa shape index (κ2) is 5.24. The summed E-state index contributed by atoms with van der Waals surface area (Å²) in [6.45, 7) is 0.223. The highest BCUT2D eigenvalue weighted by molar-refractivity contribution is 7.14. The normalized spacial score (nSPS) is 10.5. The minimum Gasteiger partial charge on any atom is -0.343 e.